The number of ether oxygens (including phenoxy) is 1. The second-order valence-corrected chi connectivity index (χ2v) is 7.73. The number of hydrogen-bond donors (Lipinski definition) is 1. The van der Waals surface area contributed by atoms with Gasteiger partial charge in [-0.25, -0.2) is 9.78 Å². The van der Waals surface area contributed by atoms with Crippen molar-refractivity contribution in [2.45, 2.75) is 0 Å². The van der Waals surface area contributed by atoms with Crippen LogP contribution in [0.2, 0.25) is 0 Å². The number of esters is 1. The van der Waals surface area contributed by atoms with Crippen LogP contribution in [0.4, 0.5) is 10.8 Å². The smallest absolute Gasteiger partial charge is 0.343 e. The van der Waals surface area contributed by atoms with E-state index in [0.29, 0.717) is 11.3 Å². The number of thiazole rings is 1. The van der Waals surface area contributed by atoms with E-state index >= 15 is 0 Å². The molecule has 0 fully saturated rings. The van der Waals surface area contributed by atoms with Crippen LogP contribution in [0, 0.1) is 0 Å². The zero-order valence-electron chi connectivity index (χ0n) is 14.6. The minimum absolute atomic E-state index is 0.373. The standard InChI is InChI=1S/C22H15BrN2O2S/c23-17-7-4-8-18(13-17)24-22-25-20(14-28-22)15-9-11-19(12-10-15)27-21(26)16-5-2-1-3-6-16/h1-14H,(H,24,25). The van der Waals surface area contributed by atoms with Gasteiger partial charge in [-0.2, -0.15) is 0 Å². The number of aromatic nitrogens is 1. The van der Waals surface area contributed by atoms with E-state index in [2.05, 4.69) is 26.2 Å². The highest BCUT2D eigenvalue weighted by molar-refractivity contribution is 9.10. The van der Waals surface area contributed by atoms with E-state index in [0.717, 1.165) is 26.5 Å². The summed E-state index contributed by atoms with van der Waals surface area (Å²) < 4.78 is 6.42. The van der Waals surface area contributed by atoms with E-state index in [-0.39, 0.29) is 5.97 Å². The molecule has 3 aromatic carbocycles. The van der Waals surface area contributed by atoms with Crippen molar-refractivity contribution in [3.05, 3.63) is 94.3 Å². The number of carbonyl (C=O) groups is 1. The summed E-state index contributed by atoms with van der Waals surface area (Å²) in [7, 11) is 0. The van der Waals surface area contributed by atoms with E-state index in [1.165, 1.54) is 11.3 Å². The molecule has 4 rings (SSSR count). The molecule has 0 amide bonds. The molecular weight excluding hydrogens is 436 g/mol. The van der Waals surface area contributed by atoms with E-state index in [1.54, 1.807) is 24.3 Å². The van der Waals surface area contributed by atoms with Gasteiger partial charge in [-0.15, -0.1) is 11.3 Å². The lowest BCUT2D eigenvalue weighted by Gasteiger charge is -2.05. The Bertz CT molecular complexity index is 1090. The molecule has 0 bridgehead atoms. The fraction of sp³-hybridized carbons (Fsp3) is 0. The van der Waals surface area contributed by atoms with Crippen LogP contribution in [0.1, 0.15) is 10.4 Å². The summed E-state index contributed by atoms with van der Waals surface area (Å²) in [5, 5.41) is 6.10. The molecule has 1 N–H and O–H groups in total. The summed E-state index contributed by atoms with van der Waals surface area (Å²) in [4.78, 5) is 16.8. The van der Waals surface area contributed by atoms with E-state index < -0.39 is 0 Å². The molecule has 138 valence electrons. The summed E-state index contributed by atoms with van der Waals surface area (Å²) in [5.41, 5.74) is 3.31. The third-order valence-electron chi connectivity index (χ3n) is 3.95. The van der Waals surface area contributed by atoms with Crippen molar-refractivity contribution in [1.29, 1.82) is 0 Å². The lowest BCUT2D eigenvalue weighted by Crippen LogP contribution is -2.07. The Hall–Kier alpha value is -2.96. The van der Waals surface area contributed by atoms with Gasteiger partial charge in [0.25, 0.3) is 0 Å². The summed E-state index contributed by atoms with van der Waals surface area (Å²) >= 11 is 5.00. The number of rotatable bonds is 5. The molecule has 0 saturated heterocycles. The van der Waals surface area contributed by atoms with Crippen LogP contribution >= 0.6 is 27.3 Å². The first kappa shape index (κ1) is 18.4. The van der Waals surface area contributed by atoms with Gasteiger partial charge in [0, 0.05) is 21.1 Å². The van der Waals surface area contributed by atoms with Crippen molar-refractivity contribution in [3.8, 4) is 17.0 Å². The number of nitrogens with zero attached hydrogens (tertiary/aromatic N) is 1. The van der Waals surface area contributed by atoms with Gasteiger partial charge in [-0.05, 0) is 54.6 Å². The second kappa shape index (κ2) is 8.37. The van der Waals surface area contributed by atoms with Crippen LogP contribution in [0.15, 0.2) is 88.7 Å². The molecule has 28 heavy (non-hydrogen) atoms. The van der Waals surface area contributed by atoms with Crippen LogP contribution < -0.4 is 10.1 Å². The number of carbonyl (C=O) groups excluding carboxylic acids is 1. The number of nitrogens with one attached hydrogen (secondary N) is 1. The molecule has 0 saturated carbocycles. The quantitative estimate of drug-likeness (QED) is 0.277. The molecule has 1 heterocycles. The lowest BCUT2D eigenvalue weighted by molar-refractivity contribution is 0.0735. The van der Waals surface area contributed by atoms with Gasteiger partial charge in [0.15, 0.2) is 5.13 Å². The Balaban J connectivity index is 1.44. The monoisotopic (exact) mass is 450 g/mol. The van der Waals surface area contributed by atoms with E-state index in [4.69, 9.17) is 4.74 Å². The molecule has 0 radical (unpaired) electrons. The number of hydrogen-bond acceptors (Lipinski definition) is 5. The highest BCUT2D eigenvalue weighted by atomic mass is 79.9. The third-order valence-corrected chi connectivity index (χ3v) is 5.20. The largest absolute Gasteiger partial charge is 0.423 e. The molecular formula is C22H15BrN2O2S. The molecule has 1 aromatic heterocycles. The average Bonchev–Trinajstić information content (AvgIpc) is 3.18. The van der Waals surface area contributed by atoms with Crippen LogP contribution in [-0.4, -0.2) is 11.0 Å². The van der Waals surface area contributed by atoms with Crippen molar-refractivity contribution >= 4 is 44.1 Å². The van der Waals surface area contributed by atoms with Crippen molar-refractivity contribution in [1.82, 2.24) is 4.98 Å². The normalized spacial score (nSPS) is 10.5. The van der Waals surface area contributed by atoms with Gasteiger partial charge < -0.3 is 10.1 Å². The maximum atomic E-state index is 12.1. The Kier molecular flexibility index (Phi) is 5.50. The Labute approximate surface area is 175 Å². The fourth-order valence-corrected chi connectivity index (χ4v) is 3.73. The van der Waals surface area contributed by atoms with Gasteiger partial charge in [-0.3, -0.25) is 0 Å². The predicted molar refractivity (Wildman–Crippen MR) is 116 cm³/mol. The van der Waals surface area contributed by atoms with Crippen molar-refractivity contribution in [2.24, 2.45) is 0 Å². The molecule has 4 aromatic rings. The molecule has 0 aliphatic carbocycles. The Morgan fingerprint density at radius 3 is 2.50 bits per heavy atom. The number of anilines is 2. The molecule has 0 spiro atoms. The van der Waals surface area contributed by atoms with E-state index in [9.17, 15) is 4.79 Å². The minimum atomic E-state index is -0.373. The second-order valence-electron chi connectivity index (χ2n) is 5.95. The van der Waals surface area contributed by atoms with Crippen molar-refractivity contribution in [3.63, 3.8) is 0 Å². The summed E-state index contributed by atoms with van der Waals surface area (Å²) in [6.45, 7) is 0. The molecule has 4 nitrogen and oxygen atoms in total. The highest BCUT2D eigenvalue weighted by Gasteiger charge is 2.09. The maximum Gasteiger partial charge on any atom is 0.343 e. The van der Waals surface area contributed by atoms with E-state index in [1.807, 2.05) is 60.0 Å². The number of benzene rings is 3. The summed E-state index contributed by atoms with van der Waals surface area (Å²) in [5.74, 6) is 0.128. The van der Waals surface area contributed by atoms with Crippen LogP contribution in [0.3, 0.4) is 0 Å². The van der Waals surface area contributed by atoms with Crippen LogP contribution in [0.25, 0.3) is 11.3 Å². The van der Waals surface area contributed by atoms with Gasteiger partial charge >= 0.3 is 5.97 Å². The van der Waals surface area contributed by atoms with Gasteiger partial charge in [0.2, 0.25) is 0 Å². The third kappa shape index (κ3) is 4.47. The lowest BCUT2D eigenvalue weighted by atomic mass is 10.2. The Morgan fingerprint density at radius 2 is 1.75 bits per heavy atom. The number of halogens is 1. The zero-order chi connectivity index (χ0) is 19.3. The highest BCUT2D eigenvalue weighted by Crippen LogP contribution is 2.29. The maximum absolute atomic E-state index is 12.1. The van der Waals surface area contributed by atoms with Crippen molar-refractivity contribution in [2.75, 3.05) is 5.32 Å². The van der Waals surface area contributed by atoms with Crippen LogP contribution in [0.5, 0.6) is 5.75 Å². The summed E-state index contributed by atoms with van der Waals surface area (Å²) in [6, 6.07) is 24.2. The first-order chi connectivity index (χ1) is 13.7. The predicted octanol–water partition coefficient (Wildman–Crippen LogP) is 6.54. The molecule has 6 heteroatoms. The average molecular weight is 451 g/mol. The van der Waals surface area contributed by atoms with Gasteiger partial charge in [-0.1, -0.05) is 40.2 Å². The molecule has 0 aliphatic heterocycles. The first-order valence-corrected chi connectivity index (χ1v) is 10.2. The fourth-order valence-electron chi connectivity index (χ4n) is 2.59. The molecule has 0 aliphatic rings. The Morgan fingerprint density at radius 1 is 0.964 bits per heavy atom. The topological polar surface area (TPSA) is 51.2 Å². The zero-order valence-corrected chi connectivity index (χ0v) is 17.0. The van der Waals surface area contributed by atoms with Gasteiger partial charge in [0.1, 0.15) is 5.75 Å². The van der Waals surface area contributed by atoms with Crippen LogP contribution in [-0.2, 0) is 0 Å². The van der Waals surface area contributed by atoms with Gasteiger partial charge in [0.05, 0.1) is 11.3 Å². The first-order valence-electron chi connectivity index (χ1n) is 8.53. The SMILES string of the molecule is O=C(Oc1ccc(-c2csc(Nc3cccc(Br)c3)n2)cc1)c1ccccc1. The molecule has 0 unspecified atom stereocenters. The van der Waals surface area contributed by atoms with Crippen molar-refractivity contribution < 1.29 is 9.53 Å². The minimum Gasteiger partial charge on any atom is -0.423 e. The molecule has 0 atom stereocenters. The summed E-state index contributed by atoms with van der Waals surface area (Å²) in [6.07, 6.45) is 0.